The minimum absolute atomic E-state index is 0.0744. The number of rotatable bonds is 2. The number of amides is 1. The van der Waals surface area contributed by atoms with Crippen LogP contribution >= 0.6 is 39.9 Å². The lowest BCUT2D eigenvalue weighted by atomic mass is 10.2. The Morgan fingerprint density at radius 1 is 1.14 bits per heavy atom. The van der Waals surface area contributed by atoms with Crippen molar-refractivity contribution >= 4 is 61.9 Å². The molecule has 3 rings (SSSR count). The summed E-state index contributed by atoms with van der Waals surface area (Å²) in [4.78, 5) is 14.9. The van der Waals surface area contributed by atoms with E-state index >= 15 is 0 Å². The first-order valence-electron chi connectivity index (χ1n) is 6.65. The number of carbonyl (C=O) groups excluding carboxylic acids is 1. The molecule has 0 unspecified atom stereocenters. The molecule has 1 fully saturated rings. The maximum absolute atomic E-state index is 12.7. The van der Waals surface area contributed by atoms with Crippen LogP contribution in [0.4, 0.5) is 5.69 Å². The van der Waals surface area contributed by atoms with Gasteiger partial charge in [-0.15, -0.1) is 0 Å². The maximum atomic E-state index is 12.7. The predicted molar refractivity (Wildman–Crippen MR) is 101 cm³/mol. The Bertz CT molecular complexity index is 784. The lowest BCUT2D eigenvalue weighted by Crippen LogP contribution is -2.27. The lowest BCUT2D eigenvalue weighted by molar-refractivity contribution is -0.113. The number of aryl methyl sites for hydroxylation is 1. The second-order valence-electron chi connectivity index (χ2n) is 4.87. The lowest BCUT2D eigenvalue weighted by Gasteiger charge is -2.14. The van der Waals surface area contributed by atoms with Gasteiger partial charge >= 0.3 is 0 Å². The molecule has 110 valence electrons. The van der Waals surface area contributed by atoms with Crippen LogP contribution in [0.15, 0.2) is 57.9 Å². The largest absolute Gasteiger partial charge is 0.270 e. The summed E-state index contributed by atoms with van der Waals surface area (Å²) in [5.41, 5.74) is 2.92. The van der Waals surface area contributed by atoms with Crippen LogP contribution in [0.1, 0.15) is 11.1 Å². The zero-order valence-corrected chi connectivity index (χ0v) is 15.0. The van der Waals surface area contributed by atoms with E-state index in [0.29, 0.717) is 9.23 Å². The molecule has 22 heavy (non-hydrogen) atoms. The summed E-state index contributed by atoms with van der Waals surface area (Å²) < 4.78 is 1.52. The molecule has 0 N–H and O–H groups in total. The Morgan fingerprint density at radius 3 is 2.50 bits per heavy atom. The molecule has 1 amide bonds. The van der Waals surface area contributed by atoms with Crippen LogP contribution in [0, 0.1) is 6.92 Å². The number of carbonyl (C=O) groups is 1. The summed E-state index contributed by atoms with van der Waals surface area (Å²) >= 11 is 10.2. The topological polar surface area (TPSA) is 20.3 Å². The zero-order valence-electron chi connectivity index (χ0n) is 11.7. The molecular formula is C17H12BrNOS2. The van der Waals surface area contributed by atoms with E-state index in [4.69, 9.17) is 12.2 Å². The third kappa shape index (κ3) is 3.02. The minimum Gasteiger partial charge on any atom is -0.268 e. The minimum atomic E-state index is -0.0744. The fraction of sp³-hybridized carbons (Fsp3) is 0.0588. The number of thiocarbonyl (C=S) groups is 1. The van der Waals surface area contributed by atoms with E-state index in [1.165, 1.54) is 11.8 Å². The van der Waals surface area contributed by atoms with Gasteiger partial charge in [0.15, 0.2) is 4.32 Å². The first kappa shape index (κ1) is 15.5. The number of hydrogen-bond acceptors (Lipinski definition) is 3. The van der Waals surface area contributed by atoms with E-state index in [1.807, 2.05) is 61.5 Å². The van der Waals surface area contributed by atoms with Gasteiger partial charge in [0.25, 0.3) is 5.91 Å². The predicted octanol–water partition coefficient (Wildman–Crippen LogP) is 5.16. The first-order valence-corrected chi connectivity index (χ1v) is 8.67. The molecule has 5 heteroatoms. The number of halogens is 1. The van der Waals surface area contributed by atoms with Gasteiger partial charge in [-0.3, -0.25) is 9.69 Å². The molecule has 2 nitrogen and oxygen atoms in total. The molecule has 1 aliphatic heterocycles. The molecule has 0 bridgehead atoms. The van der Waals surface area contributed by atoms with Gasteiger partial charge in [-0.25, -0.2) is 0 Å². The zero-order chi connectivity index (χ0) is 15.7. The highest BCUT2D eigenvalue weighted by Crippen LogP contribution is 2.36. The highest BCUT2D eigenvalue weighted by Gasteiger charge is 2.33. The summed E-state index contributed by atoms with van der Waals surface area (Å²) in [5, 5.41) is 0. The van der Waals surface area contributed by atoms with Gasteiger partial charge in [0, 0.05) is 4.47 Å². The quantitative estimate of drug-likeness (QED) is 0.522. The molecule has 2 aromatic carbocycles. The van der Waals surface area contributed by atoms with Gasteiger partial charge in [0.05, 0.1) is 10.6 Å². The van der Waals surface area contributed by atoms with E-state index in [2.05, 4.69) is 15.9 Å². The second kappa shape index (κ2) is 6.36. The van der Waals surface area contributed by atoms with Crippen molar-refractivity contribution in [3.63, 3.8) is 0 Å². The second-order valence-corrected chi connectivity index (χ2v) is 7.40. The van der Waals surface area contributed by atoms with Crippen LogP contribution in [0.3, 0.4) is 0 Å². The van der Waals surface area contributed by atoms with E-state index < -0.39 is 0 Å². The monoisotopic (exact) mass is 389 g/mol. The highest BCUT2D eigenvalue weighted by atomic mass is 79.9. The van der Waals surface area contributed by atoms with E-state index in [0.717, 1.165) is 21.3 Å². The van der Waals surface area contributed by atoms with Crippen LogP contribution < -0.4 is 4.90 Å². The van der Waals surface area contributed by atoms with Gasteiger partial charge in [0.2, 0.25) is 0 Å². The van der Waals surface area contributed by atoms with Crippen molar-refractivity contribution in [3.05, 3.63) is 69.0 Å². The van der Waals surface area contributed by atoms with Crippen molar-refractivity contribution in [1.29, 1.82) is 0 Å². The third-order valence-corrected chi connectivity index (χ3v) is 5.30. The summed E-state index contributed by atoms with van der Waals surface area (Å²) in [6.45, 7) is 2.01. The van der Waals surface area contributed by atoms with Gasteiger partial charge in [0.1, 0.15) is 0 Å². The van der Waals surface area contributed by atoms with Crippen molar-refractivity contribution < 1.29 is 4.79 Å². The van der Waals surface area contributed by atoms with Crippen LogP contribution in [0.2, 0.25) is 0 Å². The smallest absolute Gasteiger partial charge is 0.268 e. The number of hydrogen-bond donors (Lipinski definition) is 0. The molecule has 0 saturated carbocycles. The Hall–Kier alpha value is -1.43. The van der Waals surface area contributed by atoms with E-state index in [-0.39, 0.29) is 5.91 Å². The van der Waals surface area contributed by atoms with Gasteiger partial charge < -0.3 is 0 Å². The normalized spacial score (nSPS) is 16.6. The van der Waals surface area contributed by atoms with Crippen LogP contribution in [-0.4, -0.2) is 10.2 Å². The van der Waals surface area contributed by atoms with Crippen molar-refractivity contribution in [2.75, 3.05) is 4.90 Å². The number of benzene rings is 2. The Morgan fingerprint density at radius 2 is 1.82 bits per heavy atom. The SMILES string of the molecule is Cc1ccc(N2C(=O)/C(=C/c3ccccc3Br)SC2=S)cc1. The average Bonchev–Trinajstić information content (AvgIpc) is 2.77. The Kier molecular flexibility index (Phi) is 4.47. The van der Waals surface area contributed by atoms with Crippen molar-refractivity contribution in [2.24, 2.45) is 0 Å². The van der Waals surface area contributed by atoms with Crippen molar-refractivity contribution in [1.82, 2.24) is 0 Å². The molecule has 0 spiro atoms. The standard InChI is InChI=1S/C17H12BrNOS2/c1-11-6-8-13(9-7-11)19-16(20)15(22-17(19)21)10-12-4-2-3-5-14(12)18/h2-10H,1H3/b15-10-. The molecule has 1 aliphatic rings. The summed E-state index contributed by atoms with van der Waals surface area (Å²) in [5.74, 6) is -0.0744. The molecule has 0 aromatic heterocycles. The number of thioether (sulfide) groups is 1. The first-order chi connectivity index (χ1) is 10.6. The average molecular weight is 390 g/mol. The molecule has 0 aliphatic carbocycles. The van der Waals surface area contributed by atoms with Gasteiger partial charge in [-0.2, -0.15) is 0 Å². The van der Waals surface area contributed by atoms with Crippen LogP contribution in [0.5, 0.6) is 0 Å². The summed E-state index contributed by atoms with van der Waals surface area (Å²) in [7, 11) is 0. The summed E-state index contributed by atoms with van der Waals surface area (Å²) in [6.07, 6.45) is 1.87. The molecule has 0 atom stereocenters. The number of nitrogens with zero attached hydrogens (tertiary/aromatic N) is 1. The van der Waals surface area contributed by atoms with Gasteiger partial charge in [-0.05, 0) is 36.8 Å². The third-order valence-electron chi connectivity index (χ3n) is 3.28. The van der Waals surface area contributed by atoms with Crippen molar-refractivity contribution in [3.8, 4) is 0 Å². The van der Waals surface area contributed by atoms with Crippen LogP contribution in [0.25, 0.3) is 6.08 Å². The van der Waals surface area contributed by atoms with Gasteiger partial charge in [-0.1, -0.05) is 75.8 Å². The molecule has 2 aromatic rings. The highest BCUT2D eigenvalue weighted by molar-refractivity contribution is 9.10. The summed E-state index contributed by atoms with van der Waals surface area (Å²) in [6, 6.07) is 15.6. The fourth-order valence-corrected chi connectivity index (χ4v) is 3.81. The fourth-order valence-electron chi connectivity index (χ4n) is 2.12. The molecule has 1 heterocycles. The van der Waals surface area contributed by atoms with E-state index in [1.54, 1.807) is 4.90 Å². The van der Waals surface area contributed by atoms with Crippen molar-refractivity contribution in [2.45, 2.75) is 6.92 Å². The molecule has 1 saturated heterocycles. The maximum Gasteiger partial charge on any atom is 0.270 e. The Labute approximate surface area is 147 Å². The number of anilines is 1. The molecule has 0 radical (unpaired) electrons. The Balaban J connectivity index is 1.95. The van der Waals surface area contributed by atoms with E-state index in [9.17, 15) is 4.79 Å². The van der Waals surface area contributed by atoms with Crippen LogP contribution in [-0.2, 0) is 4.79 Å². The molecular weight excluding hydrogens is 378 g/mol.